The van der Waals surface area contributed by atoms with E-state index in [0.717, 1.165) is 58.1 Å². The maximum absolute atomic E-state index is 11.7. The average Bonchev–Trinajstić information content (AvgIpc) is 2.74. The first-order chi connectivity index (χ1) is 14.7. The quantitative estimate of drug-likeness (QED) is 0.0982. The monoisotopic (exact) mass is 447 g/mol. The normalized spacial score (nSPS) is 11.3. The minimum absolute atomic E-state index is 0.0123. The van der Waals surface area contributed by atoms with Crippen molar-refractivity contribution < 1.29 is 18.6 Å². The zero-order valence-corrected chi connectivity index (χ0v) is 21.1. The van der Waals surface area contributed by atoms with Gasteiger partial charge in [-0.15, -0.1) is 0 Å². The molecule has 0 unspecified atom stereocenters. The summed E-state index contributed by atoms with van der Waals surface area (Å²) in [6.45, 7) is 10.5. The fourth-order valence-electron chi connectivity index (χ4n) is 3.28. The molecule has 0 aliphatic rings. The van der Waals surface area contributed by atoms with Crippen molar-refractivity contribution in [3.8, 4) is 0 Å². The Balaban J connectivity index is 3.27. The summed E-state index contributed by atoms with van der Waals surface area (Å²) in [4.78, 5) is 11.7. The van der Waals surface area contributed by atoms with Crippen molar-refractivity contribution in [2.75, 3.05) is 39.1 Å². The molecule has 0 aromatic rings. The van der Waals surface area contributed by atoms with Gasteiger partial charge in [-0.05, 0) is 52.6 Å². The van der Waals surface area contributed by atoms with Crippen LogP contribution in [0.25, 0.3) is 0 Å². The molecular formula is C24H50NO4P. The minimum Gasteiger partial charge on any atom is -0.466 e. The van der Waals surface area contributed by atoms with E-state index in [4.69, 9.17) is 13.8 Å². The number of hydrogen-bond acceptors (Lipinski definition) is 5. The van der Waals surface area contributed by atoms with Gasteiger partial charge in [0.05, 0.1) is 19.8 Å². The molecule has 0 heterocycles. The van der Waals surface area contributed by atoms with Gasteiger partial charge < -0.3 is 19.1 Å². The van der Waals surface area contributed by atoms with Gasteiger partial charge in [-0.2, -0.15) is 0 Å². The Labute approximate surface area is 188 Å². The Morgan fingerprint density at radius 2 is 1.27 bits per heavy atom. The van der Waals surface area contributed by atoms with Gasteiger partial charge in [-0.25, -0.2) is 0 Å². The number of carbonyl (C=O) groups is 1. The predicted octanol–water partition coefficient (Wildman–Crippen LogP) is 6.99. The van der Waals surface area contributed by atoms with E-state index in [1.165, 1.54) is 57.8 Å². The molecule has 0 rings (SSSR count). The zero-order chi connectivity index (χ0) is 22.1. The molecule has 30 heavy (non-hydrogen) atoms. The fourth-order valence-corrected chi connectivity index (χ4v) is 4.60. The second-order valence-electron chi connectivity index (χ2n) is 7.86. The molecule has 0 bridgehead atoms. The van der Waals surface area contributed by atoms with E-state index in [1.807, 2.05) is 13.8 Å². The van der Waals surface area contributed by atoms with Crippen LogP contribution in [-0.2, 0) is 18.6 Å². The van der Waals surface area contributed by atoms with Crippen molar-refractivity contribution in [2.45, 2.75) is 111 Å². The lowest BCUT2D eigenvalue weighted by Gasteiger charge is -2.15. The highest BCUT2D eigenvalue weighted by Crippen LogP contribution is 2.38. The number of rotatable bonds is 24. The molecule has 0 fully saturated rings. The highest BCUT2D eigenvalue weighted by molar-refractivity contribution is 7.47. The highest BCUT2D eigenvalue weighted by Gasteiger charge is 2.07. The van der Waals surface area contributed by atoms with Crippen LogP contribution in [0.2, 0.25) is 0 Å². The Kier molecular flexibility index (Phi) is 24.9. The number of ether oxygens (including phenoxy) is 1. The first kappa shape index (κ1) is 29.8. The molecule has 1 N–H and O–H groups in total. The molecule has 180 valence electrons. The Bertz CT molecular complexity index is 352. The van der Waals surface area contributed by atoms with Gasteiger partial charge in [0.15, 0.2) is 8.38 Å². The van der Waals surface area contributed by atoms with Gasteiger partial charge in [0.2, 0.25) is 0 Å². The number of carbonyl (C=O) groups excluding carboxylic acids is 1. The van der Waals surface area contributed by atoms with Crippen molar-refractivity contribution in [3.05, 3.63) is 0 Å². The molecule has 0 atom stereocenters. The Hall–Kier alpha value is -0.220. The van der Waals surface area contributed by atoms with Crippen molar-refractivity contribution in [1.82, 2.24) is 5.32 Å². The van der Waals surface area contributed by atoms with Crippen molar-refractivity contribution in [1.29, 1.82) is 0 Å². The van der Waals surface area contributed by atoms with E-state index in [0.29, 0.717) is 13.0 Å². The fraction of sp³-hybridized carbons (Fsp3) is 0.958. The number of unbranched alkanes of at least 4 members (excludes halogenated alkanes) is 10. The van der Waals surface area contributed by atoms with Crippen LogP contribution in [0.5, 0.6) is 0 Å². The maximum Gasteiger partial charge on any atom is 0.305 e. The molecule has 0 amide bonds. The van der Waals surface area contributed by atoms with Crippen LogP contribution in [0.4, 0.5) is 0 Å². The topological polar surface area (TPSA) is 56.8 Å². The molecule has 0 aromatic heterocycles. The van der Waals surface area contributed by atoms with E-state index in [2.05, 4.69) is 12.2 Å². The summed E-state index contributed by atoms with van der Waals surface area (Å²) in [5, 5.41) is 3.51. The van der Waals surface area contributed by atoms with E-state index in [9.17, 15) is 4.79 Å². The van der Waals surface area contributed by atoms with Crippen molar-refractivity contribution in [2.24, 2.45) is 0 Å². The Morgan fingerprint density at radius 3 is 1.93 bits per heavy atom. The molecular weight excluding hydrogens is 397 g/mol. The lowest BCUT2D eigenvalue weighted by atomic mass is 10.1. The lowest BCUT2D eigenvalue weighted by molar-refractivity contribution is -0.143. The SMILES string of the molecule is CCCCCCCCCOC(=O)CCCCCCCNCCCP(OCC)OCC. The molecule has 0 saturated carbocycles. The second-order valence-corrected chi connectivity index (χ2v) is 9.48. The smallest absolute Gasteiger partial charge is 0.305 e. The molecule has 0 saturated heterocycles. The maximum atomic E-state index is 11.7. The zero-order valence-electron chi connectivity index (χ0n) is 20.2. The third kappa shape index (κ3) is 22.5. The average molecular weight is 448 g/mol. The molecule has 6 heteroatoms. The molecule has 5 nitrogen and oxygen atoms in total. The van der Waals surface area contributed by atoms with Gasteiger partial charge in [0.1, 0.15) is 0 Å². The predicted molar refractivity (Wildman–Crippen MR) is 129 cm³/mol. The lowest BCUT2D eigenvalue weighted by Crippen LogP contribution is -2.17. The molecule has 0 aliphatic carbocycles. The second kappa shape index (κ2) is 25.0. The molecule has 0 aliphatic heterocycles. The number of nitrogens with one attached hydrogen (secondary N) is 1. The van der Waals surface area contributed by atoms with Gasteiger partial charge in [0.25, 0.3) is 0 Å². The van der Waals surface area contributed by atoms with Crippen LogP contribution in [-0.4, -0.2) is 45.0 Å². The summed E-state index contributed by atoms with van der Waals surface area (Å²) in [5.74, 6) is -0.0123. The van der Waals surface area contributed by atoms with Gasteiger partial charge in [-0.3, -0.25) is 4.79 Å². The highest BCUT2D eigenvalue weighted by atomic mass is 31.2. The Morgan fingerprint density at radius 1 is 0.700 bits per heavy atom. The first-order valence-electron chi connectivity index (χ1n) is 12.6. The van der Waals surface area contributed by atoms with Crippen LogP contribution in [0.3, 0.4) is 0 Å². The third-order valence-corrected chi connectivity index (χ3v) is 6.76. The first-order valence-corrected chi connectivity index (χ1v) is 14.0. The molecule has 0 aromatic carbocycles. The minimum atomic E-state index is -0.688. The number of hydrogen-bond donors (Lipinski definition) is 1. The van der Waals surface area contributed by atoms with E-state index in [-0.39, 0.29) is 5.97 Å². The summed E-state index contributed by atoms with van der Waals surface area (Å²) < 4.78 is 16.6. The van der Waals surface area contributed by atoms with Crippen molar-refractivity contribution in [3.63, 3.8) is 0 Å². The van der Waals surface area contributed by atoms with Gasteiger partial charge in [0, 0.05) is 12.6 Å². The standard InChI is InChI=1S/C24H50NO4P/c1-4-7-8-9-10-14-17-22-27-24(26)19-15-12-11-13-16-20-25-21-18-23-30(28-5-2)29-6-3/h25H,4-23H2,1-3H3. The van der Waals surface area contributed by atoms with E-state index >= 15 is 0 Å². The summed E-state index contributed by atoms with van der Waals surface area (Å²) in [6.07, 6.45) is 17.2. The van der Waals surface area contributed by atoms with Crippen LogP contribution in [0.15, 0.2) is 0 Å². The third-order valence-electron chi connectivity index (χ3n) is 4.99. The summed E-state index contributed by atoms with van der Waals surface area (Å²) in [5.41, 5.74) is 0. The van der Waals surface area contributed by atoms with E-state index < -0.39 is 8.38 Å². The van der Waals surface area contributed by atoms with Crippen LogP contribution in [0.1, 0.15) is 111 Å². The summed E-state index contributed by atoms with van der Waals surface area (Å²) in [6, 6.07) is 0. The van der Waals surface area contributed by atoms with E-state index in [1.54, 1.807) is 0 Å². The van der Waals surface area contributed by atoms with Crippen LogP contribution >= 0.6 is 8.38 Å². The summed E-state index contributed by atoms with van der Waals surface area (Å²) >= 11 is 0. The van der Waals surface area contributed by atoms with Crippen LogP contribution < -0.4 is 5.32 Å². The van der Waals surface area contributed by atoms with Crippen molar-refractivity contribution >= 4 is 14.3 Å². The largest absolute Gasteiger partial charge is 0.466 e. The molecule has 0 radical (unpaired) electrons. The molecule has 0 spiro atoms. The van der Waals surface area contributed by atoms with Gasteiger partial charge >= 0.3 is 5.97 Å². The number of esters is 1. The van der Waals surface area contributed by atoms with Gasteiger partial charge in [-0.1, -0.05) is 64.7 Å². The van der Waals surface area contributed by atoms with Crippen LogP contribution in [0, 0.1) is 0 Å². The summed E-state index contributed by atoms with van der Waals surface area (Å²) in [7, 11) is -0.688.